The lowest BCUT2D eigenvalue weighted by molar-refractivity contribution is -0.143. The Morgan fingerprint density at radius 1 is 1.03 bits per heavy atom. The van der Waals surface area contributed by atoms with E-state index in [4.69, 9.17) is 0 Å². The van der Waals surface area contributed by atoms with Gasteiger partial charge in [0.2, 0.25) is 0 Å². The number of carbonyl (C=O) groups excluding carboxylic acids is 1. The van der Waals surface area contributed by atoms with Crippen LogP contribution in [0.25, 0.3) is 0 Å². The average molecular weight is 422 g/mol. The summed E-state index contributed by atoms with van der Waals surface area (Å²) in [6, 6.07) is 0.459. The molecule has 1 saturated heterocycles. The van der Waals surface area contributed by atoms with Crippen molar-refractivity contribution in [2.75, 3.05) is 13.1 Å². The van der Waals surface area contributed by atoms with Gasteiger partial charge in [0.25, 0.3) is 5.91 Å². The second kappa shape index (κ2) is 8.16. The van der Waals surface area contributed by atoms with Crippen molar-refractivity contribution in [2.24, 2.45) is 0 Å². The maximum Gasteiger partial charge on any atom is 0.417 e. The van der Waals surface area contributed by atoms with Gasteiger partial charge in [0.1, 0.15) is 0 Å². The van der Waals surface area contributed by atoms with E-state index < -0.39 is 35.0 Å². The van der Waals surface area contributed by atoms with Crippen LogP contribution < -0.4 is 5.32 Å². The van der Waals surface area contributed by atoms with Crippen LogP contribution in [0.4, 0.5) is 26.3 Å². The topological polar surface area (TPSA) is 32.3 Å². The number of benzene rings is 1. The third-order valence-electron chi connectivity index (χ3n) is 5.87. The number of amides is 1. The minimum Gasteiger partial charge on any atom is -0.348 e. The molecule has 0 spiro atoms. The molecular formula is C20H24F6N2O. The molecule has 1 heterocycles. The Morgan fingerprint density at radius 3 is 2.24 bits per heavy atom. The molecule has 29 heavy (non-hydrogen) atoms. The van der Waals surface area contributed by atoms with Gasteiger partial charge in [-0.15, -0.1) is 0 Å². The second-order valence-corrected chi connectivity index (χ2v) is 7.73. The van der Waals surface area contributed by atoms with Crippen LogP contribution in [0.3, 0.4) is 0 Å². The molecule has 1 aliphatic heterocycles. The van der Waals surface area contributed by atoms with Gasteiger partial charge in [-0.2, -0.15) is 26.3 Å². The molecule has 162 valence electrons. The number of likely N-dealkylation sites (tertiary alicyclic amines) is 1. The Balaban J connectivity index is 1.94. The number of carbonyl (C=O) groups is 1. The minimum atomic E-state index is -5.07. The number of aryl methyl sites for hydroxylation is 1. The van der Waals surface area contributed by atoms with E-state index in [1.807, 2.05) is 0 Å². The zero-order valence-electron chi connectivity index (χ0n) is 16.1. The van der Waals surface area contributed by atoms with Gasteiger partial charge in [0.05, 0.1) is 16.7 Å². The second-order valence-electron chi connectivity index (χ2n) is 7.73. The number of hydrogen-bond donors (Lipinski definition) is 1. The predicted octanol–water partition coefficient (Wildman–Crippen LogP) is 5.03. The van der Waals surface area contributed by atoms with Gasteiger partial charge in [-0.1, -0.05) is 6.92 Å². The third-order valence-corrected chi connectivity index (χ3v) is 5.87. The number of alkyl halides is 6. The summed E-state index contributed by atoms with van der Waals surface area (Å²) < 4.78 is 80.0. The van der Waals surface area contributed by atoms with E-state index in [-0.39, 0.29) is 30.1 Å². The first-order chi connectivity index (χ1) is 13.5. The van der Waals surface area contributed by atoms with Gasteiger partial charge in [-0.25, -0.2) is 0 Å². The first-order valence-corrected chi connectivity index (χ1v) is 9.88. The van der Waals surface area contributed by atoms with E-state index in [9.17, 15) is 31.1 Å². The van der Waals surface area contributed by atoms with Crippen LogP contribution in [0, 0.1) is 0 Å². The van der Waals surface area contributed by atoms with Crippen LogP contribution in [0.15, 0.2) is 12.1 Å². The van der Waals surface area contributed by atoms with E-state index in [2.05, 4.69) is 10.2 Å². The van der Waals surface area contributed by atoms with Crippen molar-refractivity contribution < 1.29 is 31.1 Å². The van der Waals surface area contributed by atoms with E-state index in [0.29, 0.717) is 12.5 Å². The quantitative estimate of drug-likeness (QED) is 0.690. The first kappa shape index (κ1) is 21.9. The number of hydrogen-bond acceptors (Lipinski definition) is 2. The van der Waals surface area contributed by atoms with Crippen LogP contribution in [-0.4, -0.2) is 36.0 Å². The molecule has 3 nitrogen and oxygen atoms in total. The zero-order valence-corrected chi connectivity index (χ0v) is 16.1. The molecule has 2 atom stereocenters. The molecule has 9 heteroatoms. The largest absolute Gasteiger partial charge is 0.417 e. The Bertz CT molecular complexity index is 753. The average Bonchev–Trinajstić information content (AvgIpc) is 3.30. The van der Waals surface area contributed by atoms with Crippen LogP contribution in [0.1, 0.15) is 66.1 Å². The van der Waals surface area contributed by atoms with Crippen molar-refractivity contribution in [1.29, 1.82) is 0 Å². The molecule has 0 aromatic heterocycles. The Hall–Kier alpha value is -1.77. The van der Waals surface area contributed by atoms with Crippen LogP contribution in [0.2, 0.25) is 0 Å². The summed E-state index contributed by atoms with van der Waals surface area (Å²) in [5.74, 6) is -0.945. The lowest BCUT2D eigenvalue weighted by Crippen LogP contribution is -2.48. The molecule has 1 aliphatic carbocycles. The van der Waals surface area contributed by atoms with Gasteiger partial charge in [0.15, 0.2) is 0 Å². The summed E-state index contributed by atoms with van der Waals surface area (Å²) in [6.45, 7) is 3.23. The number of nitrogens with zero attached hydrogens (tertiary/aromatic N) is 1. The summed E-state index contributed by atoms with van der Waals surface area (Å²) in [4.78, 5) is 15.1. The Kier molecular flexibility index (Phi) is 6.17. The highest BCUT2D eigenvalue weighted by molar-refractivity contribution is 5.97. The summed E-state index contributed by atoms with van der Waals surface area (Å²) in [7, 11) is 0. The third kappa shape index (κ3) is 4.70. The minimum absolute atomic E-state index is 0.0423. The molecule has 1 aromatic carbocycles. The maximum atomic E-state index is 13.6. The standard InChI is InChI=1S/C20H24F6N2O/c1-2-12-10-13(19(21,22)23)11-14(20(24,25)26)17(12)18(29)27-15-6-5-7-16(15)28-8-3-4-9-28/h10-11,15-16H,2-9H2,1H3,(H,27,29)/t15-,16+/m1/s1. The highest BCUT2D eigenvalue weighted by atomic mass is 19.4. The maximum absolute atomic E-state index is 13.6. The monoisotopic (exact) mass is 422 g/mol. The predicted molar refractivity (Wildman–Crippen MR) is 95.5 cm³/mol. The summed E-state index contributed by atoms with van der Waals surface area (Å²) >= 11 is 0. The zero-order chi connectivity index (χ0) is 21.4. The van der Waals surface area contributed by atoms with Crippen molar-refractivity contribution in [3.8, 4) is 0 Å². The van der Waals surface area contributed by atoms with Crippen molar-refractivity contribution in [3.05, 3.63) is 34.4 Å². The van der Waals surface area contributed by atoms with E-state index in [1.165, 1.54) is 6.92 Å². The van der Waals surface area contributed by atoms with Gasteiger partial charge >= 0.3 is 12.4 Å². The molecule has 0 radical (unpaired) electrons. The van der Waals surface area contributed by atoms with Crippen molar-refractivity contribution >= 4 is 5.91 Å². The van der Waals surface area contributed by atoms with E-state index >= 15 is 0 Å². The van der Waals surface area contributed by atoms with Crippen molar-refractivity contribution in [1.82, 2.24) is 10.2 Å². The van der Waals surface area contributed by atoms with Crippen LogP contribution in [0.5, 0.6) is 0 Å². The smallest absolute Gasteiger partial charge is 0.348 e. The van der Waals surface area contributed by atoms with Gasteiger partial charge in [0, 0.05) is 12.1 Å². The molecule has 0 bridgehead atoms. The highest BCUT2D eigenvalue weighted by Gasteiger charge is 2.42. The SMILES string of the molecule is CCc1cc(C(F)(F)F)cc(C(F)(F)F)c1C(=O)N[C@@H]1CCC[C@@H]1N1CCCC1. The molecule has 1 amide bonds. The number of nitrogens with one attached hydrogen (secondary N) is 1. The van der Waals surface area contributed by atoms with E-state index in [1.54, 1.807) is 0 Å². The molecule has 0 unspecified atom stereocenters. The number of rotatable bonds is 4. The Morgan fingerprint density at radius 2 is 1.69 bits per heavy atom. The molecular weight excluding hydrogens is 398 g/mol. The molecule has 1 saturated carbocycles. The fourth-order valence-electron chi connectivity index (χ4n) is 4.50. The fraction of sp³-hybridized carbons (Fsp3) is 0.650. The van der Waals surface area contributed by atoms with Gasteiger partial charge in [-0.3, -0.25) is 9.69 Å². The van der Waals surface area contributed by atoms with Gasteiger partial charge < -0.3 is 5.32 Å². The number of halogens is 6. The molecule has 3 rings (SSSR count). The normalized spacial score (nSPS) is 23.6. The molecule has 2 fully saturated rings. The molecule has 1 aromatic rings. The van der Waals surface area contributed by atoms with Crippen LogP contribution in [-0.2, 0) is 18.8 Å². The highest BCUT2D eigenvalue weighted by Crippen LogP contribution is 2.39. The van der Waals surface area contributed by atoms with Crippen LogP contribution >= 0.6 is 0 Å². The molecule has 2 aliphatic rings. The lowest BCUT2D eigenvalue weighted by Gasteiger charge is -2.30. The van der Waals surface area contributed by atoms with Crippen molar-refractivity contribution in [2.45, 2.75) is 69.9 Å². The molecule has 1 N–H and O–H groups in total. The van der Waals surface area contributed by atoms with Gasteiger partial charge in [-0.05, 0) is 69.3 Å². The Labute approximate surface area is 165 Å². The lowest BCUT2D eigenvalue weighted by atomic mass is 9.94. The summed E-state index contributed by atoms with van der Waals surface area (Å²) in [6.07, 6.45) is -5.65. The van der Waals surface area contributed by atoms with Crippen molar-refractivity contribution in [3.63, 3.8) is 0 Å². The van der Waals surface area contributed by atoms with E-state index in [0.717, 1.165) is 38.8 Å². The summed E-state index contributed by atoms with van der Waals surface area (Å²) in [5.41, 5.74) is -3.87. The fourth-order valence-corrected chi connectivity index (χ4v) is 4.50. The summed E-state index contributed by atoms with van der Waals surface area (Å²) in [5, 5.41) is 2.71. The first-order valence-electron chi connectivity index (χ1n) is 9.88.